The molecule has 0 saturated carbocycles. The third-order valence-corrected chi connectivity index (χ3v) is 21.1. The van der Waals surface area contributed by atoms with Crippen LogP contribution < -0.4 is 17.2 Å². The normalized spacial score (nSPS) is 13.9. The first-order valence-electron chi connectivity index (χ1n) is 11.6. The van der Waals surface area contributed by atoms with Crippen molar-refractivity contribution in [2.45, 2.75) is 102 Å². The van der Waals surface area contributed by atoms with Crippen molar-refractivity contribution in [3.8, 4) is 0 Å². The summed E-state index contributed by atoms with van der Waals surface area (Å²) in [4.78, 5) is 0. The van der Waals surface area contributed by atoms with Crippen molar-refractivity contribution in [3.05, 3.63) is 0 Å². The number of unbranched alkanes of at least 4 members (excludes halogenated alkanes) is 1. The Bertz CT molecular complexity index is 386. The summed E-state index contributed by atoms with van der Waals surface area (Å²) in [5.74, 6) is 0. The molecule has 0 radical (unpaired) electrons. The molecule has 0 aromatic heterocycles. The van der Waals surface area contributed by atoms with E-state index >= 15 is 0 Å². The Morgan fingerprint density at radius 2 is 0.828 bits per heavy atom. The van der Waals surface area contributed by atoms with Crippen molar-refractivity contribution in [1.29, 1.82) is 0 Å². The van der Waals surface area contributed by atoms with Crippen molar-refractivity contribution in [2.24, 2.45) is 17.2 Å². The van der Waals surface area contributed by atoms with Gasteiger partial charge in [-0.2, -0.15) is 0 Å². The Labute approximate surface area is 185 Å². The van der Waals surface area contributed by atoms with Crippen molar-refractivity contribution in [2.75, 3.05) is 19.6 Å². The second kappa shape index (κ2) is 13.9. The lowest BCUT2D eigenvalue weighted by Crippen LogP contribution is -2.62. The average Bonchev–Trinajstić information content (AvgIpc) is 2.60. The van der Waals surface area contributed by atoms with Gasteiger partial charge in [0.1, 0.15) is 0 Å². The van der Waals surface area contributed by atoms with Crippen molar-refractivity contribution in [3.63, 3.8) is 0 Å². The molecule has 0 aliphatic rings. The van der Waals surface area contributed by atoms with Crippen molar-refractivity contribution >= 4 is 33.8 Å². The first-order valence-corrected chi connectivity index (χ1v) is 22.8. The number of hydrogen-bond acceptors (Lipinski definition) is 6. The maximum atomic E-state index is 7.05. The molecule has 0 atom stereocenters. The zero-order valence-corrected chi connectivity index (χ0v) is 24.4. The summed E-state index contributed by atoms with van der Waals surface area (Å²) in [5.41, 5.74) is 17.5. The van der Waals surface area contributed by atoms with Gasteiger partial charge in [-0.3, -0.25) is 0 Å². The fourth-order valence-corrected chi connectivity index (χ4v) is 21.7. The number of rotatable bonds is 18. The quantitative estimate of drug-likeness (QED) is 0.250. The molecule has 0 unspecified atom stereocenters. The summed E-state index contributed by atoms with van der Waals surface area (Å²) >= 11 is 0. The maximum absolute atomic E-state index is 7.05. The Morgan fingerprint density at radius 1 is 0.517 bits per heavy atom. The number of hydrogen-bond donors (Lipinski definition) is 3. The third-order valence-electron chi connectivity index (χ3n) is 5.08. The largest absolute Gasteiger partial charge is 0.469 e. The van der Waals surface area contributed by atoms with Gasteiger partial charge in [-0.25, -0.2) is 0 Å². The standard InChI is InChI=1S/C19H51N3O3Si4/c1-8-9-16-26(2,3)23-29(19-12-15-22,24-27(4,5)17-10-13-20)25-28(6,7)18-11-14-21/h8-22H2,1-7H3. The van der Waals surface area contributed by atoms with Gasteiger partial charge in [0, 0.05) is 6.04 Å². The lowest BCUT2D eigenvalue weighted by molar-refractivity contribution is 0.245. The van der Waals surface area contributed by atoms with Crippen LogP contribution in [0.2, 0.25) is 63.5 Å². The molecule has 0 amide bonds. The molecule has 176 valence electrons. The van der Waals surface area contributed by atoms with E-state index in [9.17, 15) is 0 Å². The summed E-state index contributed by atoms with van der Waals surface area (Å²) in [7, 11) is -8.68. The molecular weight excluding hydrogens is 431 g/mol. The molecule has 6 N–H and O–H groups in total. The average molecular weight is 482 g/mol. The van der Waals surface area contributed by atoms with E-state index in [0.29, 0.717) is 19.6 Å². The van der Waals surface area contributed by atoms with Gasteiger partial charge in [0.05, 0.1) is 0 Å². The van der Waals surface area contributed by atoms with Crippen LogP contribution in [0.1, 0.15) is 39.0 Å². The minimum absolute atomic E-state index is 0.636. The molecule has 0 rings (SSSR count). The predicted octanol–water partition coefficient (Wildman–Crippen LogP) is 4.44. The van der Waals surface area contributed by atoms with Crippen LogP contribution in [0, 0.1) is 0 Å². The minimum Gasteiger partial charge on any atom is -0.417 e. The van der Waals surface area contributed by atoms with Crippen molar-refractivity contribution < 1.29 is 12.3 Å². The lowest BCUT2D eigenvalue weighted by Gasteiger charge is -2.45. The van der Waals surface area contributed by atoms with Gasteiger partial charge in [0.25, 0.3) is 0 Å². The molecule has 0 aliphatic carbocycles. The van der Waals surface area contributed by atoms with Crippen LogP contribution in [0.4, 0.5) is 0 Å². The van der Waals surface area contributed by atoms with E-state index in [1.807, 2.05) is 0 Å². The smallest absolute Gasteiger partial charge is 0.417 e. The summed E-state index contributed by atoms with van der Waals surface area (Å²) in [6.07, 6.45) is 5.25. The zero-order chi connectivity index (χ0) is 22.6. The SMILES string of the molecule is CCCC[Si](C)(C)O[Si](CCCN)(O[Si](C)(C)CCCN)O[Si](C)(C)CCCN. The highest BCUT2D eigenvalue weighted by atomic mass is 28.5. The Kier molecular flexibility index (Phi) is 14.2. The molecule has 0 bridgehead atoms. The fraction of sp³-hybridized carbons (Fsp3) is 1.00. The summed E-state index contributed by atoms with van der Waals surface area (Å²) in [5, 5.41) is 0. The van der Waals surface area contributed by atoms with Crippen LogP contribution in [0.25, 0.3) is 0 Å². The highest BCUT2D eigenvalue weighted by Gasteiger charge is 2.51. The van der Waals surface area contributed by atoms with Gasteiger partial charge in [0.15, 0.2) is 25.0 Å². The van der Waals surface area contributed by atoms with Crippen LogP contribution in [0.15, 0.2) is 0 Å². The van der Waals surface area contributed by atoms with Crippen LogP contribution in [0.5, 0.6) is 0 Å². The van der Waals surface area contributed by atoms with Gasteiger partial charge in [-0.1, -0.05) is 19.8 Å². The molecule has 10 heteroatoms. The monoisotopic (exact) mass is 481 g/mol. The molecule has 0 aliphatic heterocycles. The summed E-state index contributed by atoms with van der Waals surface area (Å²) < 4.78 is 21.1. The van der Waals surface area contributed by atoms with E-state index < -0.39 is 33.8 Å². The van der Waals surface area contributed by atoms with Gasteiger partial charge in [0.2, 0.25) is 0 Å². The predicted molar refractivity (Wildman–Crippen MR) is 137 cm³/mol. The fourth-order valence-electron chi connectivity index (χ4n) is 3.61. The first kappa shape index (κ1) is 29.6. The summed E-state index contributed by atoms with van der Waals surface area (Å²) in [6.45, 7) is 18.1. The second-order valence-electron chi connectivity index (χ2n) is 10.0. The summed E-state index contributed by atoms with van der Waals surface area (Å²) in [6, 6.07) is 4.04. The van der Waals surface area contributed by atoms with Crippen molar-refractivity contribution in [1.82, 2.24) is 0 Å². The minimum atomic E-state index is -2.85. The van der Waals surface area contributed by atoms with Crippen LogP contribution in [-0.4, -0.2) is 53.4 Å². The molecular formula is C19H51N3O3Si4. The third kappa shape index (κ3) is 13.6. The first-order chi connectivity index (χ1) is 13.4. The van der Waals surface area contributed by atoms with E-state index in [4.69, 9.17) is 29.5 Å². The van der Waals surface area contributed by atoms with Gasteiger partial charge in [-0.05, 0) is 96.3 Å². The molecule has 0 fully saturated rings. The van der Waals surface area contributed by atoms with Crippen LogP contribution in [-0.2, 0) is 12.3 Å². The zero-order valence-electron chi connectivity index (χ0n) is 20.4. The molecule has 6 nitrogen and oxygen atoms in total. The van der Waals surface area contributed by atoms with E-state index in [1.54, 1.807) is 0 Å². The molecule has 0 spiro atoms. The maximum Gasteiger partial charge on any atom is 0.469 e. The second-order valence-corrected chi connectivity index (χ2v) is 26.4. The van der Waals surface area contributed by atoms with E-state index in [2.05, 4.69) is 46.2 Å². The van der Waals surface area contributed by atoms with Crippen LogP contribution >= 0.6 is 0 Å². The van der Waals surface area contributed by atoms with Crippen LogP contribution in [0.3, 0.4) is 0 Å². The topological polar surface area (TPSA) is 106 Å². The van der Waals surface area contributed by atoms with Gasteiger partial charge in [-0.15, -0.1) is 0 Å². The van der Waals surface area contributed by atoms with Gasteiger partial charge < -0.3 is 29.5 Å². The lowest BCUT2D eigenvalue weighted by atomic mass is 10.4. The Balaban J connectivity index is 5.86. The molecule has 0 aromatic carbocycles. The number of nitrogens with two attached hydrogens (primary N) is 3. The highest BCUT2D eigenvalue weighted by Crippen LogP contribution is 2.34. The molecule has 0 saturated heterocycles. The molecule has 29 heavy (non-hydrogen) atoms. The van der Waals surface area contributed by atoms with Gasteiger partial charge >= 0.3 is 8.80 Å². The van der Waals surface area contributed by atoms with E-state index in [0.717, 1.165) is 43.4 Å². The molecule has 0 aromatic rings. The Morgan fingerprint density at radius 3 is 1.14 bits per heavy atom. The molecule has 0 heterocycles. The van der Waals surface area contributed by atoms with E-state index in [1.165, 1.54) is 12.8 Å². The van der Waals surface area contributed by atoms with E-state index in [-0.39, 0.29) is 0 Å². The highest BCUT2D eigenvalue weighted by molar-refractivity contribution is 6.90. The Hall–Kier alpha value is 0.628.